The first-order valence-corrected chi connectivity index (χ1v) is 13.0. The molecule has 0 aliphatic carbocycles. The largest absolute Gasteiger partial charge is 0.508 e. The number of ether oxygens (including phenoxy) is 4. The summed E-state index contributed by atoms with van der Waals surface area (Å²) in [6, 6.07) is 7.20. The van der Waals surface area contributed by atoms with Crippen LogP contribution in [0, 0.1) is 0 Å². The van der Waals surface area contributed by atoms with Crippen molar-refractivity contribution in [1.29, 1.82) is 0 Å². The second-order valence-electron chi connectivity index (χ2n) is 10.1. The molecule has 2 aromatic carbocycles. The Balaban J connectivity index is 1.60. The van der Waals surface area contributed by atoms with Crippen LogP contribution < -0.4 is 10.2 Å². The first-order chi connectivity index (χ1) is 20.4. The predicted octanol–water partition coefficient (Wildman–Crippen LogP) is -2.42. The van der Waals surface area contributed by atoms with E-state index in [1.54, 1.807) is 0 Å². The standard InChI is InChI=1S/C27H30O16/c28-7-14-17(33)20(36)22(38)26(40-14)43-25-21(37)18(34)15(8-29)41-27(25)42-24-19(35)16-12(32)5-11(31)6-13(16)39-23(24)9-1-3-10(30)4-2-9/h1-6,14-15,17-18,20-22,25-34,36-38H,7-8H2/t14-,15-,17-,18+,20+,21+,22-,25-,26+,27?/m1/s1. The quantitative estimate of drug-likeness (QED) is 0.133. The molecule has 1 unspecified atom stereocenters. The molecule has 10 N–H and O–H groups in total. The molecule has 10 atom stereocenters. The molecule has 0 radical (unpaired) electrons. The van der Waals surface area contributed by atoms with Gasteiger partial charge in [-0.1, -0.05) is 0 Å². The van der Waals surface area contributed by atoms with Crippen LogP contribution in [0.2, 0.25) is 0 Å². The zero-order valence-electron chi connectivity index (χ0n) is 22.1. The minimum Gasteiger partial charge on any atom is -0.508 e. The topological polar surface area (TPSA) is 269 Å². The molecule has 0 spiro atoms. The van der Waals surface area contributed by atoms with Gasteiger partial charge < -0.3 is 74.4 Å². The number of aromatic hydroxyl groups is 3. The van der Waals surface area contributed by atoms with E-state index in [1.165, 1.54) is 24.3 Å². The molecule has 234 valence electrons. The van der Waals surface area contributed by atoms with Crippen molar-refractivity contribution in [3.05, 3.63) is 46.6 Å². The molecule has 0 saturated carbocycles. The average molecular weight is 611 g/mol. The minimum atomic E-state index is -1.93. The fourth-order valence-corrected chi connectivity index (χ4v) is 4.92. The van der Waals surface area contributed by atoms with Crippen LogP contribution >= 0.6 is 0 Å². The third kappa shape index (κ3) is 5.73. The van der Waals surface area contributed by atoms with Gasteiger partial charge in [-0.15, -0.1) is 0 Å². The van der Waals surface area contributed by atoms with Crippen molar-refractivity contribution >= 4 is 11.0 Å². The lowest BCUT2D eigenvalue weighted by Crippen LogP contribution is -2.65. The van der Waals surface area contributed by atoms with Gasteiger partial charge in [-0.2, -0.15) is 0 Å². The third-order valence-corrected chi connectivity index (χ3v) is 7.25. The fraction of sp³-hybridized carbons (Fsp3) is 0.444. The summed E-state index contributed by atoms with van der Waals surface area (Å²) in [4.78, 5) is 13.7. The van der Waals surface area contributed by atoms with Crippen molar-refractivity contribution < 1.29 is 74.4 Å². The van der Waals surface area contributed by atoms with Gasteiger partial charge in [-0.25, -0.2) is 0 Å². The highest BCUT2D eigenvalue weighted by Crippen LogP contribution is 2.38. The van der Waals surface area contributed by atoms with Crippen molar-refractivity contribution in [2.24, 2.45) is 0 Å². The van der Waals surface area contributed by atoms with Crippen molar-refractivity contribution in [2.45, 2.75) is 61.4 Å². The summed E-state index contributed by atoms with van der Waals surface area (Å²) in [5.74, 6) is -2.15. The number of aliphatic hydroxyl groups is 7. The molecule has 2 fully saturated rings. The second kappa shape index (κ2) is 12.2. The Kier molecular flexibility index (Phi) is 8.77. The minimum absolute atomic E-state index is 0.129. The molecule has 0 bridgehead atoms. The smallest absolute Gasteiger partial charge is 0.239 e. The van der Waals surface area contributed by atoms with E-state index in [-0.39, 0.29) is 22.7 Å². The van der Waals surface area contributed by atoms with Crippen LogP contribution in [0.4, 0.5) is 0 Å². The number of hydrogen-bond donors (Lipinski definition) is 10. The Bertz CT molecular complexity index is 1490. The van der Waals surface area contributed by atoms with Crippen molar-refractivity contribution in [2.75, 3.05) is 13.2 Å². The second-order valence-corrected chi connectivity index (χ2v) is 10.1. The van der Waals surface area contributed by atoms with Crippen LogP contribution in [0.5, 0.6) is 23.0 Å². The van der Waals surface area contributed by atoms with E-state index in [1.807, 2.05) is 0 Å². The van der Waals surface area contributed by atoms with Gasteiger partial charge in [0, 0.05) is 17.7 Å². The van der Waals surface area contributed by atoms with Crippen molar-refractivity contribution in [1.82, 2.24) is 0 Å². The zero-order valence-corrected chi connectivity index (χ0v) is 22.1. The molecular formula is C27H30O16. The van der Waals surface area contributed by atoms with Crippen molar-refractivity contribution in [3.63, 3.8) is 0 Å². The first-order valence-electron chi connectivity index (χ1n) is 13.0. The molecule has 2 aliphatic heterocycles. The Morgan fingerprint density at radius 1 is 0.721 bits per heavy atom. The van der Waals surface area contributed by atoms with E-state index >= 15 is 0 Å². The zero-order chi connectivity index (χ0) is 31.2. The van der Waals surface area contributed by atoms with Crippen LogP contribution in [-0.2, 0) is 14.2 Å². The van der Waals surface area contributed by atoms with Gasteiger partial charge in [0.05, 0.1) is 13.2 Å². The molecule has 0 amide bonds. The number of hydrogen-bond acceptors (Lipinski definition) is 16. The van der Waals surface area contributed by atoms with Gasteiger partial charge >= 0.3 is 0 Å². The molecule has 43 heavy (non-hydrogen) atoms. The maximum absolute atomic E-state index is 13.7. The molecule has 1 aromatic heterocycles. The number of aliphatic hydroxyl groups excluding tert-OH is 7. The van der Waals surface area contributed by atoms with Crippen LogP contribution in [0.1, 0.15) is 0 Å². The molecule has 3 heterocycles. The maximum Gasteiger partial charge on any atom is 0.239 e. The molecule has 16 heteroatoms. The summed E-state index contributed by atoms with van der Waals surface area (Å²) < 4.78 is 28.3. The molecular weight excluding hydrogens is 580 g/mol. The Morgan fingerprint density at radius 2 is 1.33 bits per heavy atom. The first kappa shape index (κ1) is 30.9. The highest BCUT2D eigenvalue weighted by molar-refractivity contribution is 5.88. The fourth-order valence-electron chi connectivity index (χ4n) is 4.92. The maximum atomic E-state index is 13.7. The van der Waals surface area contributed by atoms with Gasteiger partial charge in [-0.3, -0.25) is 4.79 Å². The predicted molar refractivity (Wildman–Crippen MR) is 140 cm³/mol. The summed E-state index contributed by atoms with van der Waals surface area (Å²) in [6.07, 6.45) is -17.7. The number of fused-ring (bicyclic) bond motifs is 1. The Hall–Kier alpha value is -3.55. The molecule has 3 aromatic rings. The number of phenols is 3. The van der Waals surface area contributed by atoms with Gasteiger partial charge in [0.25, 0.3) is 0 Å². The summed E-state index contributed by atoms with van der Waals surface area (Å²) >= 11 is 0. The monoisotopic (exact) mass is 610 g/mol. The Morgan fingerprint density at radius 3 is 1.95 bits per heavy atom. The van der Waals surface area contributed by atoms with E-state index in [9.17, 15) is 55.9 Å². The molecule has 5 rings (SSSR count). The molecule has 2 aliphatic rings. The Labute approximate surface area is 241 Å². The van der Waals surface area contributed by atoms with Crippen LogP contribution in [0.3, 0.4) is 0 Å². The molecule has 16 nitrogen and oxygen atoms in total. The summed E-state index contributed by atoms with van der Waals surface area (Å²) in [7, 11) is 0. The number of benzene rings is 2. The van der Waals surface area contributed by atoms with Gasteiger partial charge in [0.1, 0.15) is 70.9 Å². The van der Waals surface area contributed by atoms with Crippen LogP contribution in [0.15, 0.2) is 45.6 Å². The number of phenolic OH excluding ortho intramolecular Hbond substituents is 3. The molecule has 2 saturated heterocycles. The van der Waals surface area contributed by atoms with Gasteiger partial charge in [0.2, 0.25) is 17.5 Å². The third-order valence-electron chi connectivity index (χ3n) is 7.25. The average Bonchev–Trinajstić information content (AvgIpc) is 2.97. The highest BCUT2D eigenvalue weighted by Gasteiger charge is 2.51. The van der Waals surface area contributed by atoms with E-state index in [0.717, 1.165) is 12.1 Å². The number of rotatable bonds is 7. The van der Waals surface area contributed by atoms with Crippen LogP contribution in [0.25, 0.3) is 22.3 Å². The van der Waals surface area contributed by atoms with E-state index < -0.39 is 103 Å². The van der Waals surface area contributed by atoms with E-state index in [4.69, 9.17) is 23.4 Å². The summed E-state index contributed by atoms with van der Waals surface area (Å²) in [5, 5.41) is 101. The van der Waals surface area contributed by atoms with E-state index in [0.29, 0.717) is 0 Å². The van der Waals surface area contributed by atoms with Gasteiger partial charge in [-0.05, 0) is 24.3 Å². The van der Waals surface area contributed by atoms with E-state index in [2.05, 4.69) is 0 Å². The lowest BCUT2D eigenvalue weighted by atomic mass is 9.97. The summed E-state index contributed by atoms with van der Waals surface area (Å²) in [6.45, 7) is -1.63. The normalized spacial score (nSPS) is 33.0. The highest BCUT2D eigenvalue weighted by atomic mass is 16.8. The lowest BCUT2D eigenvalue weighted by molar-refractivity contribution is -0.358. The summed E-state index contributed by atoms with van der Waals surface area (Å²) in [5.41, 5.74) is -1.07. The lowest BCUT2D eigenvalue weighted by Gasteiger charge is -2.45. The SMILES string of the molecule is O=c1c(OC2O[C@H](CO)[C@H](O)[C@H](O)[C@H]2O[C@@H]2O[C@H](CO)[C@@H](O)[C@H](O)[C@H]2O)c(-c2ccc(O)cc2)oc2cc(O)cc(O)c12. The van der Waals surface area contributed by atoms with Gasteiger partial charge in [0.15, 0.2) is 18.2 Å². The van der Waals surface area contributed by atoms with Crippen molar-refractivity contribution in [3.8, 4) is 34.3 Å². The van der Waals surface area contributed by atoms with Crippen LogP contribution in [-0.4, -0.2) is 126 Å².